The highest BCUT2D eigenvalue weighted by Gasteiger charge is 2.30. The zero-order valence-corrected chi connectivity index (χ0v) is 16.2. The van der Waals surface area contributed by atoms with Crippen LogP contribution in [-0.4, -0.2) is 41.9 Å². The molecule has 0 spiro atoms. The minimum Gasteiger partial charge on any atom is -0.491 e. The van der Waals surface area contributed by atoms with Gasteiger partial charge in [-0.2, -0.15) is 0 Å². The number of carbonyl (C=O) groups is 2. The largest absolute Gasteiger partial charge is 0.491 e. The van der Waals surface area contributed by atoms with Gasteiger partial charge in [0.1, 0.15) is 18.2 Å². The third-order valence-electron chi connectivity index (χ3n) is 4.71. The van der Waals surface area contributed by atoms with E-state index in [1.54, 1.807) is 29.2 Å². The molecule has 5 nitrogen and oxygen atoms in total. The van der Waals surface area contributed by atoms with Crippen LogP contribution >= 0.6 is 0 Å². The summed E-state index contributed by atoms with van der Waals surface area (Å²) in [6, 6.07) is 12.6. The number of hydrogen-bond donors (Lipinski definition) is 1. The fourth-order valence-electron chi connectivity index (χ4n) is 3.28. The Balaban J connectivity index is 1.58. The maximum atomic E-state index is 13.1. The van der Waals surface area contributed by atoms with E-state index in [1.165, 1.54) is 24.3 Å². The van der Waals surface area contributed by atoms with Gasteiger partial charge >= 0.3 is 0 Å². The summed E-state index contributed by atoms with van der Waals surface area (Å²) in [4.78, 5) is 26.5. The van der Waals surface area contributed by atoms with Crippen LogP contribution in [-0.2, 0) is 0 Å². The second-order valence-corrected chi connectivity index (χ2v) is 7.27. The average molecular weight is 384 g/mol. The van der Waals surface area contributed by atoms with Gasteiger partial charge in [0.2, 0.25) is 0 Å². The van der Waals surface area contributed by atoms with Gasteiger partial charge in [0.15, 0.2) is 0 Å². The van der Waals surface area contributed by atoms with Crippen LogP contribution in [0.25, 0.3) is 0 Å². The molecule has 0 aliphatic carbocycles. The van der Waals surface area contributed by atoms with Gasteiger partial charge in [0.25, 0.3) is 11.8 Å². The number of ether oxygens (including phenoxy) is 1. The normalized spacial score (nSPS) is 16.3. The Morgan fingerprint density at radius 2 is 1.75 bits per heavy atom. The molecule has 2 aromatic carbocycles. The summed E-state index contributed by atoms with van der Waals surface area (Å²) in [5.41, 5.74) is 1.06. The third-order valence-corrected chi connectivity index (χ3v) is 4.71. The van der Waals surface area contributed by atoms with E-state index < -0.39 is 0 Å². The summed E-state index contributed by atoms with van der Waals surface area (Å²) < 4.78 is 18.9. The Hall–Kier alpha value is -2.89. The van der Waals surface area contributed by atoms with Gasteiger partial charge in [-0.25, -0.2) is 4.39 Å². The molecule has 0 saturated carbocycles. The first kappa shape index (κ1) is 19.9. The van der Waals surface area contributed by atoms with Gasteiger partial charge in [-0.1, -0.05) is 0 Å². The predicted molar refractivity (Wildman–Crippen MR) is 105 cm³/mol. The van der Waals surface area contributed by atoms with Crippen LogP contribution in [0, 0.1) is 5.82 Å². The van der Waals surface area contributed by atoms with E-state index in [2.05, 4.69) is 5.32 Å². The summed E-state index contributed by atoms with van der Waals surface area (Å²) in [6.07, 6.45) is 1.77. The van der Waals surface area contributed by atoms with Crippen molar-refractivity contribution < 1.29 is 18.7 Å². The number of carbonyl (C=O) groups excluding carboxylic acids is 2. The van der Waals surface area contributed by atoms with Crippen LogP contribution in [0.2, 0.25) is 0 Å². The molecule has 28 heavy (non-hydrogen) atoms. The van der Waals surface area contributed by atoms with Crippen molar-refractivity contribution in [3.8, 4) is 5.75 Å². The van der Waals surface area contributed by atoms with Crippen molar-refractivity contribution in [2.75, 3.05) is 13.2 Å². The van der Waals surface area contributed by atoms with Gasteiger partial charge in [0, 0.05) is 23.7 Å². The fourth-order valence-corrected chi connectivity index (χ4v) is 3.28. The summed E-state index contributed by atoms with van der Waals surface area (Å²) in [5.74, 6) is 0.0748. The van der Waals surface area contributed by atoms with Crippen molar-refractivity contribution in [2.45, 2.75) is 38.8 Å². The van der Waals surface area contributed by atoms with Gasteiger partial charge < -0.3 is 15.0 Å². The zero-order chi connectivity index (χ0) is 20.1. The standard InChI is InChI=1S/C22H25FN2O3/c1-15(2)24-21(26)16-7-11-20(12-8-16)28-14-19-4-3-13-25(19)22(27)17-5-9-18(23)10-6-17/h5-12,15,19H,3-4,13-14H2,1-2H3,(H,24,26)/t19-/m0/s1. The van der Waals surface area contributed by atoms with Crippen molar-refractivity contribution >= 4 is 11.8 Å². The average Bonchev–Trinajstić information content (AvgIpc) is 3.15. The molecule has 3 rings (SSSR count). The molecule has 1 aliphatic rings. The van der Waals surface area contributed by atoms with Gasteiger partial charge in [-0.15, -0.1) is 0 Å². The molecule has 0 radical (unpaired) electrons. The van der Waals surface area contributed by atoms with Crippen LogP contribution in [0.5, 0.6) is 5.75 Å². The van der Waals surface area contributed by atoms with E-state index in [9.17, 15) is 14.0 Å². The van der Waals surface area contributed by atoms with E-state index in [-0.39, 0.29) is 29.7 Å². The molecule has 0 unspecified atom stereocenters. The SMILES string of the molecule is CC(C)NC(=O)c1ccc(OC[C@@H]2CCCN2C(=O)c2ccc(F)cc2)cc1. The fraction of sp³-hybridized carbons (Fsp3) is 0.364. The number of hydrogen-bond acceptors (Lipinski definition) is 3. The van der Waals surface area contributed by atoms with E-state index in [1.807, 2.05) is 13.8 Å². The Morgan fingerprint density at radius 3 is 2.39 bits per heavy atom. The molecule has 1 heterocycles. The maximum absolute atomic E-state index is 13.1. The molecular weight excluding hydrogens is 359 g/mol. The predicted octanol–water partition coefficient (Wildman–Crippen LogP) is 3.65. The molecule has 1 fully saturated rings. The van der Waals surface area contributed by atoms with Crippen LogP contribution in [0.3, 0.4) is 0 Å². The number of nitrogens with one attached hydrogen (secondary N) is 1. The lowest BCUT2D eigenvalue weighted by molar-refractivity contribution is 0.0691. The zero-order valence-electron chi connectivity index (χ0n) is 16.2. The van der Waals surface area contributed by atoms with Gasteiger partial charge in [-0.3, -0.25) is 9.59 Å². The monoisotopic (exact) mass is 384 g/mol. The molecule has 148 valence electrons. The molecule has 2 aromatic rings. The van der Waals surface area contributed by atoms with Crippen LogP contribution < -0.4 is 10.1 Å². The Labute approximate surface area is 164 Å². The molecule has 6 heteroatoms. The summed E-state index contributed by atoms with van der Waals surface area (Å²) in [7, 11) is 0. The highest BCUT2D eigenvalue weighted by atomic mass is 19.1. The second-order valence-electron chi connectivity index (χ2n) is 7.27. The molecule has 1 N–H and O–H groups in total. The maximum Gasteiger partial charge on any atom is 0.254 e. The molecule has 2 amide bonds. The summed E-state index contributed by atoms with van der Waals surface area (Å²) in [6.45, 7) is 4.87. The first-order valence-electron chi connectivity index (χ1n) is 9.54. The highest BCUT2D eigenvalue weighted by molar-refractivity contribution is 5.95. The first-order valence-corrected chi connectivity index (χ1v) is 9.54. The Morgan fingerprint density at radius 1 is 1.11 bits per heavy atom. The van der Waals surface area contributed by atoms with Crippen molar-refractivity contribution in [1.82, 2.24) is 10.2 Å². The van der Waals surface area contributed by atoms with Gasteiger partial charge in [-0.05, 0) is 75.2 Å². The molecule has 0 bridgehead atoms. The van der Waals surface area contributed by atoms with Crippen LogP contribution in [0.15, 0.2) is 48.5 Å². The van der Waals surface area contributed by atoms with E-state index in [0.29, 0.717) is 30.0 Å². The number of nitrogens with zero attached hydrogens (tertiary/aromatic N) is 1. The molecule has 0 aromatic heterocycles. The first-order chi connectivity index (χ1) is 13.4. The number of amides is 2. The van der Waals surface area contributed by atoms with Gasteiger partial charge in [0.05, 0.1) is 6.04 Å². The van der Waals surface area contributed by atoms with E-state index >= 15 is 0 Å². The van der Waals surface area contributed by atoms with Crippen LogP contribution in [0.1, 0.15) is 47.4 Å². The van der Waals surface area contributed by atoms with E-state index in [4.69, 9.17) is 4.74 Å². The lowest BCUT2D eigenvalue weighted by Crippen LogP contribution is -2.39. The molecule has 1 saturated heterocycles. The lowest BCUT2D eigenvalue weighted by Gasteiger charge is -2.25. The van der Waals surface area contributed by atoms with E-state index in [0.717, 1.165) is 12.8 Å². The topological polar surface area (TPSA) is 58.6 Å². The Bertz CT molecular complexity index is 819. The lowest BCUT2D eigenvalue weighted by atomic mass is 10.1. The number of benzene rings is 2. The number of likely N-dealkylation sites (tertiary alicyclic amines) is 1. The molecule has 1 atom stereocenters. The van der Waals surface area contributed by atoms with Crippen molar-refractivity contribution in [2.24, 2.45) is 0 Å². The minimum absolute atomic E-state index is 0.0264. The van der Waals surface area contributed by atoms with Crippen LogP contribution in [0.4, 0.5) is 4.39 Å². The summed E-state index contributed by atoms with van der Waals surface area (Å²) >= 11 is 0. The second kappa shape index (κ2) is 8.87. The quantitative estimate of drug-likeness (QED) is 0.827. The molecule has 1 aliphatic heterocycles. The van der Waals surface area contributed by atoms with Crippen molar-refractivity contribution in [1.29, 1.82) is 0 Å². The minimum atomic E-state index is -0.358. The molecular formula is C22H25FN2O3. The number of rotatable bonds is 6. The van der Waals surface area contributed by atoms with Crippen molar-refractivity contribution in [3.63, 3.8) is 0 Å². The summed E-state index contributed by atoms with van der Waals surface area (Å²) in [5, 5.41) is 2.85. The third kappa shape index (κ3) is 4.88. The number of halogens is 1. The Kier molecular flexibility index (Phi) is 6.29. The highest BCUT2D eigenvalue weighted by Crippen LogP contribution is 2.22. The smallest absolute Gasteiger partial charge is 0.254 e. The van der Waals surface area contributed by atoms with Crippen molar-refractivity contribution in [3.05, 3.63) is 65.5 Å².